The van der Waals surface area contributed by atoms with E-state index in [0.29, 0.717) is 47.9 Å². The number of fused-ring (bicyclic) bond motifs is 1. The molecule has 0 aliphatic carbocycles. The molecule has 3 rings (SSSR count). The van der Waals surface area contributed by atoms with Crippen LogP contribution >= 0.6 is 0 Å². The summed E-state index contributed by atoms with van der Waals surface area (Å²) in [5.74, 6) is 0.384. The number of amides is 1. The fraction of sp³-hybridized carbons (Fsp3) is 0.391. The van der Waals surface area contributed by atoms with E-state index in [1.54, 1.807) is 26.1 Å². The van der Waals surface area contributed by atoms with Crippen molar-refractivity contribution in [1.82, 2.24) is 25.2 Å². The van der Waals surface area contributed by atoms with Crippen LogP contribution < -0.4 is 16.0 Å². The molecule has 3 aromatic heterocycles. The number of rotatable bonds is 9. The summed E-state index contributed by atoms with van der Waals surface area (Å²) >= 11 is 0. The largest absolute Gasteiger partial charge is 0.389 e. The van der Waals surface area contributed by atoms with E-state index in [2.05, 4.69) is 32.0 Å². The topological polar surface area (TPSA) is 128 Å². The lowest BCUT2D eigenvalue weighted by molar-refractivity contribution is 0.0800. The SMILES string of the molecule is CC(C)Nc1cc(-n2ccc3cc(C#N)cnc32)ncc1C(=O)NCCNCC(C)(C)O. The van der Waals surface area contributed by atoms with Gasteiger partial charge < -0.3 is 21.1 Å². The molecule has 9 nitrogen and oxygen atoms in total. The van der Waals surface area contributed by atoms with E-state index < -0.39 is 5.60 Å². The van der Waals surface area contributed by atoms with Gasteiger partial charge in [0.1, 0.15) is 17.5 Å². The van der Waals surface area contributed by atoms with Crippen LogP contribution in [0.1, 0.15) is 43.6 Å². The van der Waals surface area contributed by atoms with E-state index in [9.17, 15) is 9.90 Å². The van der Waals surface area contributed by atoms with Gasteiger partial charge in [0.05, 0.1) is 22.4 Å². The van der Waals surface area contributed by atoms with E-state index in [-0.39, 0.29) is 11.9 Å². The number of carbonyl (C=O) groups excluding carboxylic acids is 1. The second kappa shape index (κ2) is 9.77. The first-order valence-corrected chi connectivity index (χ1v) is 10.5. The minimum Gasteiger partial charge on any atom is -0.389 e. The fourth-order valence-corrected chi connectivity index (χ4v) is 3.21. The average Bonchev–Trinajstić information content (AvgIpc) is 3.15. The van der Waals surface area contributed by atoms with Crippen LogP contribution in [0.5, 0.6) is 0 Å². The summed E-state index contributed by atoms with van der Waals surface area (Å²) in [4.78, 5) is 21.6. The zero-order chi connectivity index (χ0) is 23.3. The van der Waals surface area contributed by atoms with E-state index in [0.717, 1.165) is 5.39 Å². The van der Waals surface area contributed by atoms with Crippen LogP contribution in [0, 0.1) is 11.3 Å². The highest BCUT2D eigenvalue weighted by Gasteiger charge is 2.16. The molecular weight excluding hydrogens is 406 g/mol. The van der Waals surface area contributed by atoms with Gasteiger partial charge >= 0.3 is 0 Å². The number of hydrogen-bond acceptors (Lipinski definition) is 7. The molecular formula is C23H29N7O2. The number of hydrogen-bond donors (Lipinski definition) is 4. The summed E-state index contributed by atoms with van der Waals surface area (Å²) in [6.45, 7) is 8.85. The van der Waals surface area contributed by atoms with Crippen molar-refractivity contribution >= 4 is 22.6 Å². The molecule has 0 aliphatic heterocycles. The zero-order valence-electron chi connectivity index (χ0n) is 18.8. The van der Waals surface area contributed by atoms with Crippen LogP contribution in [0.15, 0.2) is 36.8 Å². The Hall–Kier alpha value is -3.48. The van der Waals surface area contributed by atoms with Crippen molar-refractivity contribution in [3.05, 3.63) is 47.9 Å². The van der Waals surface area contributed by atoms with Crippen molar-refractivity contribution in [2.24, 2.45) is 0 Å². The summed E-state index contributed by atoms with van der Waals surface area (Å²) in [5.41, 5.74) is 1.49. The fourth-order valence-electron chi connectivity index (χ4n) is 3.21. The van der Waals surface area contributed by atoms with Gasteiger partial charge in [0.25, 0.3) is 5.91 Å². The Balaban J connectivity index is 1.80. The number of nitrogens with zero attached hydrogens (tertiary/aromatic N) is 4. The van der Waals surface area contributed by atoms with E-state index in [1.165, 1.54) is 6.20 Å². The van der Waals surface area contributed by atoms with Gasteiger partial charge in [-0.25, -0.2) is 9.97 Å². The average molecular weight is 436 g/mol. The number of pyridine rings is 2. The third-order valence-corrected chi connectivity index (χ3v) is 4.63. The molecule has 3 heterocycles. The maximum atomic E-state index is 12.8. The molecule has 0 unspecified atom stereocenters. The van der Waals surface area contributed by atoms with Gasteiger partial charge in [-0.05, 0) is 39.8 Å². The summed E-state index contributed by atoms with van der Waals surface area (Å²) in [6, 6.07) is 7.68. The van der Waals surface area contributed by atoms with E-state index >= 15 is 0 Å². The first-order chi connectivity index (χ1) is 15.2. The molecule has 0 saturated heterocycles. The molecule has 168 valence electrons. The molecule has 0 aromatic carbocycles. The van der Waals surface area contributed by atoms with Crippen molar-refractivity contribution in [1.29, 1.82) is 5.26 Å². The third kappa shape index (κ3) is 5.81. The minimum absolute atomic E-state index is 0.114. The normalized spacial score (nSPS) is 11.5. The molecule has 4 N–H and O–H groups in total. The number of aromatic nitrogens is 3. The maximum Gasteiger partial charge on any atom is 0.255 e. The van der Waals surface area contributed by atoms with E-state index in [4.69, 9.17) is 5.26 Å². The minimum atomic E-state index is -0.800. The molecule has 0 aliphatic rings. The van der Waals surface area contributed by atoms with Crippen molar-refractivity contribution in [3.63, 3.8) is 0 Å². The quantitative estimate of drug-likeness (QED) is 0.379. The molecule has 0 atom stereocenters. The lowest BCUT2D eigenvalue weighted by Crippen LogP contribution is -2.39. The summed E-state index contributed by atoms with van der Waals surface area (Å²) in [7, 11) is 0. The van der Waals surface area contributed by atoms with Crippen LogP contribution in [-0.2, 0) is 0 Å². The van der Waals surface area contributed by atoms with Crippen LogP contribution in [0.4, 0.5) is 5.69 Å². The number of aliphatic hydroxyl groups is 1. The van der Waals surface area contributed by atoms with Gasteiger partial charge in [0.2, 0.25) is 0 Å². The highest BCUT2D eigenvalue weighted by Crippen LogP contribution is 2.23. The summed E-state index contributed by atoms with van der Waals surface area (Å²) < 4.78 is 1.82. The molecule has 0 bridgehead atoms. The standard InChI is InChI=1S/C23H29N7O2/c1-15(2)29-19-10-20(30-8-5-17-9-16(11-24)12-28-21(17)30)27-13-18(19)22(31)26-7-6-25-14-23(3,4)32/h5,8-10,12-13,15,25,32H,6-7,14H2,1-4H3,(H,26,31)(H,27,29). The summed E-state index contributed by atoms with van der Waals surface area (Å²) in [6.07, 6.45) is 4.92. The van der Waals surface area contributed by atoms with Crippen LogP contribution in [0.25, 0.3) is 16.9 Å². The van der Waals surface area contributed by atoms with Crippen molar-refractivity contribution in [3.8, 4) is 11.9 Å². The molecule has 0 radical (unpaired) electrons. The predicted octanol–water partition coefficient (Wildman–Crippen LogP) is 2.20. The predicted molar refractivity (Wildman–Crippen MR) is 124 cm³/mol. The number of carbonyl (C=O) groups is 1. The Morgan fingerprint density at radius 3 is 2.72 bits per heavy atom. The molecule has 1 amide bonds. The Labute approximate surface area is 187 Å². The van der Waals surface area contributed by atoms with Gasteiger partial charge in [-0.3, -0.25) is 9.36 Å². The Kier molecular flexibility index (Phi) is 7.08. The van der Waals surface area contributed by atoms with Crippen LogP contribution in [0.3, 0.4) is 0 Å². The van der Waals surface area contributed by atoms with Gasteiger partial charge in [0.15, 0.2) is 0 Å². The maximum absolute atomic E-state index is 12.8. The molecule has 3 aromatic rings. The molecule has 0 saturated carbocycles. The first kappa shape index (κ1) is 23.2. The lowest BCUT2D eigenvalue weighted by Gasteiger charge is -2.18. The van der Waals surface area contributed by atoms with Gasteiger partial charge in [-0.2, -0.15) is 5.26 Å². The van der Waals surface area contributed by atoms with E-state index in [1.807, 2.05) is 36.7 Å². The Morgan fingerprint density at radius 1 is 1.25 bits per heavy atom. The van der Waals surface area contributed by atoms with Crippen molar-refractivity contribution < 1.29 is 9.90 Å². The van der Waals surface area contributed by atoms with Gasteiger partial charge in [-0.1, -0.05) is 0 Å². The second-order valence-corrected chi connectivity index (χ2v) is 8.57. The van der Waals surface area contributed by atoms with Crippen molar-refractivity contribution in [2.45, 2.75) is 39.3 Å². The Bertz CT molecular complexity index is 1140. The lowest BCUT2D eigenvalue weighted by atomic mass is 10.1. The smallest absolute Gasteiger partial charge is 0.255 e. The molecule has 32 heavy (non-hydrogen) atoms. The second-order valence-electron chi connectivity index (χ2n) is 8.57. The van der Waals surface area contributed by atoms with Gasteiger partial charge in [-0.15, -0.1) is 0 Å². The highest BCUT2D eigenvalue weighted by atomic mass is 16.3. The number of nitrogens with one attached hydrogen (secondary N) is 3. The molecule has 0 fully saturated rings. The molecule has 9 heteroatoms. The van der Waals surface area contributed by atoms with Crippen molar-refractivity contribution in [2.75, 3.05) is 25.0 Å². The zero-order valence-corrected chi connectivity index (χ0v) is 18.8. The monoisotopic (exact) mass is 435 g/mol. The first-order valence-electron chi connectivity index (χ1n) is 10.5. The highest BCUT2D eigenvalue weighted by molar-refractivity contribution is 5.99. The third-order valence-electron chi connectivity index (χ3n) is 4.63. The number of nitriles is 1. The van der Waals surface area contributed by atoms with Crippen LogP contribution in [0.2, 0.25) is 0 Å². The number of anilines is 1. The Morgan fingerprint density at radius 2 is 2.03 bits per heavy atom. The van der Waals surface area contributed by atoms with Crippen LogP contribution in [-0.4, -0.2) is 56.8 Å². The van der Waals surface area contributed by atoms with Gasteiger partial charge in [0, 0.05) is 55.7 Å². The molecule has 0 spiro atoms. The summed E-state index contributed by atoms with van der Waals surface area (Å²) in [5, 5.41) is 29.0.